The summed E-state index contributed by atoms with van der Waals surface area (Å²) < 4.78 is 60.7. The van der Waals surface area contributed by atoms with Crippen molar-refractivity contribution in [1.29, 1.82) is 0 Å². The van der Waals surface area contributed by atoms with Gasteiger partial charge in [0.2, 0.25) is 0 Å². The molecule has 0 bridgehead atoms. The number of phenolic OH excluding ortho intramolecular Hbond substituents is 1. The Bertz CT molecular complexity index is 1040. The van der Waals surface area contributed by atoms with Gasteiger partial charge in [0.15, 0.2) is 17.1 Å². The maximum Gasteiger partial charge on any atom is 0.417 e. The van der Waals surface area contributed by atoms with Crippen molar-refractivity contribution in [2.75, 3.05) is 0 Å². The molecule has 4 nitrogen and oxygen atoms in total. The highest BCUT2D eigenvalue weighted by Crippen LogP contribution is 2.45. The molecule has 0 aliphatic carbocycles. The molecule has 0 fully saturated rings. The average molecular weight is 411 g/mol. The summed E-state index contributed by atoms with van der Waals surface area (Å²) in [5.41, 5.74) is -3.06. The highest BCUT2D eigenvalue weighted by molar-refractivity contribution is 5.73. The second-order valence-electron chi connectivity index (χ2n) is 8.01. The van der Waals surface area contributed by atoms with Gasteiger partial charge in [-0.3, -0.25) is 0 Å². The molecule has 0 aliphatic heterocycles. The third-order valence-electron chi connectivity index (χ3n) is 4.98. The van der Waals surface area contributed by atoms with E-state index in [2.05, 4.69) is 4.98 Å². The van der Waals surface area contributed by atoms with Gasteiger partial charge >= 0.3 is 6.18 Å². The highest BCUT2D eigenvalue weighted by Gasteiger charge is 2.57. The summed E-state index contributed by atoms with van der Waals surface area (Å²) in [7, 11) is 0. The lowest BCUT2D eigenvalue weighted by atomic mass is 9.73. The average Bonchev–Trinajstić information content (AvgIpc) is 2.96. The van der Waals surface area contributed by atoms with Gasteiger partial charge in [0.1, 0.15) is 17.1 Å². The molecule has 29 heavy (non-hydrogen) atoms. The first kappa shape index (κ1) is 21.1. The van der Waals surface area contributed by atoms with Crippen LogP contribution >= 0.6 is 0 Å². The van der Waals surface area contributed by atoms with Crippen LogP contribution in [0.1, 0.15) is 37.3 Å². The van der Waals surface area contributed by atoms with Crippen molar-refractivity contribution in [3.63, 3.8) is 0 Å². The van der Waals surface area contributed by atoms with E-state index < -0.39 is 35.9 Å². The summed E-state index contributed by atoms with van der Waals surface area (Å²) in [5, 5.41) is 20.7. The summed E-state index contributed by atoms with van der Waals surface area (Å²) in [6, 6.07) is 8.05. The second-order valence-corrected chi connectivity index (χ2v) is 8.01. The van der Waals surface area contributed by atoms with E-state index in [-0.39, 0.29) is 17.2 Å². The van der Waals surface area contributed by atoms with Gasteiger partial charge in [0, 0.05) is 5.56 Å². The van der Waals surface area contributed by atoms with Crippen molar-refractivity contribution in [2.24, 2.45) is 0 Å². The van der Waals surface area contributed by atoms with E-state index in [1.165, 1.54) is 13.8 Å². The molecular formula is C21H21F4NO3. The van der Waals surface area contributed by atoms with Gasteiger partial charge in [-0.05, 0) is 54.7 Å². The lowest BCUT2D eigenvalue weighted by Gasteiger charge is -2.37. The Morgan fingerprint density at radius 1 is 1.07 bits per heavy atom. The van der Waals surface area contributed by atoms with Gasteiger partial charge in [0.25, 0.3) is 0 Å². The Hall–Kier alpha value is -2.61. The molecular weight excluding hydrogens is 390 g/mol. The second kappa shape index (κ2) is 7.02. The molecule has 1 atom stereocenters. The van der Waals surface area contributed by atoms with E-state index in [1.54, 1.807) is 18.2 Å². The Balaban J connectivity index is 1.98. The van der Waals surface area contributed by atoms with Gasteiger partial charge in [-0.25, -0.2) is 9.37 Å². The minimum absolute atomic E-state index is 0.0339. The minimum atomic E-state index is -5.01. The standard InChI is InChI=1S/C21H21F4NO3/c1-12-4-7-17-15(8-12)26-18(29-17)10-20(28,21(23,24)25)11-19(2,3)14-9-13(22)5-6-16(14)27/h4-9,27-28H,10-11H2,1-3H3. The lowest BCUT2D eigenvalue weighted by Crippen LogP contribution is -2.50. The van der Waals surface area contributed by atoms with E-state index in [0.29, 0.717) is 11.1 Å². The number of oxazole rings is 1. The first-order valence-electron chi connectivity index (χ1n) is 8.95. The van der Waals surface area contributed by atoms with Crippen LogP contribution in [0.3, 0.4) is 0 Å². The molecule has 0 aliphatic rings. The molecule has 3 aromatic rings. The number of aromatic hydroxyl groups is 1. The predicted octanol–water partition coefficient (Wildman–Crippen LogP) is 5.18. The predicted molar refractivity (Wildman–Crippen MR) is 99.2 cm³/mol. The van der Waals surface area contributed by atoms with Gasteiger partial charge in [-0.15, -0.1) is 0 Å². The van der Waals surface area contributed by atoms with Crippen LogP contribution in [0.5, 0.6) is 5.75 Å². The molecule has 0 radical (unpaired) electrons. The zero-order valence-electron chi connectivity index (χ0n) is 16.1. The Morgan fingerprint density at radius 3 is 2.41 bits per heavy atom. The topological polar surface area (TPSA) is 66.5 Å². The molecule has 1 aromatic heterocycles. The van der Waals surface area contributed by atoms with Crippen LogP contribution in [-0.4, -0.2) is 27.0 Å². The normalized spacial score (nSPS) is 14.9. The Labute approximate surface area is 164 Å². The maximum atomic E-state index is 13.9. The number of aliphatic hydroxyl groups is 1. The van der Waals surface area contributed by atoms with Crippen molar-refractivity contribution in [3.05, 3.63) is 59.2 Å². The number of halogens is 4. The van der Waals surface area contributed by atoms with Crippen molar-refractivity contribution >= 4 is 11.1 Å². The fraction of sp³-hybridized carbons (Fsp3) is 0.381. The maximum absolute atomic E-state index is 13.9. The van der Waals surface area contributed by atoms with E-state index >= 15 is 0 Å². The van der Waals surface area contributed by atoms with Crippen LogP contribution in [0.2, 0.25) is 0 Å². The molecule has 2 N–H and O–H groups in total. The number of phenols is 1. The highest BCUT2D eigenvalue weighted by atomic mass is 19.4. The molecule has 0 saturated carbocycles. The van der Waals surface area contributed by atoms with E-state index in [4.69, 9.17) is 4.42 Å². The fourth-order valence-corrected chi connectivity index (χ4v) is 3.55. The molecule has 0 amide bonds. The molecule has 8 heteroatoms. The van der Waals surface area contributed by atoms with Crippen LogP contribution in [0.25, 0.3) is 11.1 Å². The molecule has 1 heterocycles. The van der Waals surface area contributed by atoms with E-state index in [0.717, 1.165) is 23.8 Å². The van der Waals surface area contributed by atoms with Gasteiger partial charge in [0.05, 0.1) is 6.42 Å². The van der Waals surface area contributed by atoms with E-state index in [9.17, 15) is 27.8 Å². The third kappa shape index (κ3) is 4.22. The summed E-state index contributed by atoms with van der Waals surface area (Å²) >= 11 is 0. The number of fused-ring (bicyclic) bond motifs is 1. The minimum Gasteiger partial charge on any atom is -0.508 e. The molecule has 156 valence electrons. The molecule has 0 spiro atoms. The van der Waals surface area contributed by atoms with Gasteiger partial charge in [-0.2, -0.15) is 13.2 Å². The molecule has 0 saturated heterocycles. The van der Waals surface area contributed by atoms with Crippen LogP contribution in [0.15, 0.2) is 40.8 Å². The number of benzene rings is 2. The Kier molecular flexibility index (Phi) is 5.11. The van der Waals surface area contributed by atoms with Crippen molar-refractivity contribution in [1.82, 2.24) is 4.98 Å². The molecule has 3 rings (SSSR count). The number of hydrogen-bond donors (Lipinski definition) is 2. The molecule has 2 aromatic carbocycles. The smallest absolute Gasteiger partial charge is 0.417 e. The lowest BCUT2D eigenvalue weighted by molar-refractivity contribution is -0.267. The summed E-state index contributed by atoms with van der Waals surface area (Å²) in [6.07, 6.45) is -6.76. The largest absolute Gasteiger partial charge is 0.508 e. The SMILES string of the molecule is Cc1ccc2oc(CC(O)(CC(C)(C)c3cc(F)ccc3O)C(F)(F)F)nc2c1. The number of alkyl halides is 3. The number of hydrogen-bond acceptors (Lipinski definition) is 4. The quantitative estimate of drug-likeness (QED) is 0.568. The first-order chi connectivity index (χ1) is 13.3. The third-order valence-corrected chi connectivity index (χ3v) is 4.98. The number of nitrogens with zero attached hydrogens (tertiary/aromatic N) is 1. The van der Waals surface area contributed by atoms with Crippen LogP contribution < -0.4 is 0 Å². The van der Waals surface area contributed by atoms with Crippen LogP contribution in [0.4, 0.5) is 17.6 Å². The fourth-order valence-electron chi connectivity index (χ4n) is 3.55. The van der Waals surface area contributed by atoms with Gasteiger partial charge < -0.3 is 14.6 Å². The summed E-state index contributed by atoms with van der Waals surface area (Å²) in [5.74, 6) is -1.31. The van der Waals surface area contributed by atoms with Gasteiger partial charge in [-0.1, -0.05) is 19.9 Å². The molecule has 1 unspecified atom stereocenters. The zero-order chi connectivity index (χ0) is 21.6. The Morgan fingerprint density at radius 2 is 1.76 bits per heavy atom. The summed E-state index contributed by atoms with van der Waals surface area (Å²) in [4.78, 5) is 4.07. The van der Waals surface area contributed by atoms with Crippen molar-refractivity contribution in [2.45, 2.75) is 50.8 Å². The monoisotopic (exact) mass is 411 g/mol. The van der Waals surface area contributed by atoms with E-state index in [1.807, 2.05) is 6.92 Å². The van der Waals surface area contributed by atoms with Crippen molar-refractivity contribution in [3.8, 4) is 5.75 Å². The van der Waals surface area contributed by atoms with Crippen LogP contribution in [-0.2, 0) is 11.8 Å². The zero-order valence-corrected chi connectivity index (χ0v) is 16.1. The number of rotatable bonds is 5. The first-order valence-corrected chi connectivity index (χ1v) is 8.95. The number of aromatic nitrogens is 1. The summed E-state index contributed by atoms with van der Waals surface area (Å²) in [6.45, 7) is 4.61. The number of aryl methyl sites for hydroxylation is 1. The van der Waals surface area contributed by atoms with Crippen LogP contribution in [0, 0.1) is 12.7 Å². The van der Waals surface area contributed by atoms with Crippen molar-refractivity contribution < 1.29 is 32.2 Å².